The van der Waals surface area contributed by atoms with Crippen LogP contribution in [-0.2, 0) is 6.18 Å². The van der Waals surface area contributed by atoms with E-state index in [0.717, 1.165) is 18.7 Å². The fraction of sp³-hybridized carbons (Fsp3) is 0.615. The SMILES string of the molecule is CN1CCN(c2ccc(Nc3ncc(F)c(NCC4CC(C)(C)N(C)C4(C)C)n3)cc2C(F)(F)F)CC1. The number of hydrogen-bond donors (Lipinski definition) is 2. The second-order valence-corrected chi connectivity index (χ2v) is 11.3. The maximum absolute atomic E-state index is 14.5. The second-order valence-electron chi connectivity index (χ2n) is 11.3. The first-order chi connectivity index (χ1) is 17.2. The molecule has 2 fully saturated rings. The summed E-state index contributed by atoms with van der Waals surface area (Å²) in [6.07, 6.45) is -2.57. The normalized spacial score (nSPS) is 22.3. The van der Waals surface area contributed by atoms with Crippen molar-refractivity contribution in [1.82, 2.24) is 19.8 Å². The lowest BCUT2D eigenvalue weighted by molar-refractivity contribution is -0.137. The van der Waals surface area contributed by atoms with Crippen LogP contribution in [0.3, 0.4) is 0 Å². The highest BCUT2D eigenvalue weighted by Gasteiger charge is 2.49. The minimum atomic E-state index is -4.53. The quantitative estimate of drug-likeness (QED) is 0.514. The highest BCUT2D eigenvalue weighted by molar-refractivity contribution is 5.65. The lowest BCUT2D eigenvalue weighted by atomic mass is 9.87. The Labute approximate surface area is 216 Å². The molecule has 2 aliphatic heterocycles. The third-order valence-electron chi connectivity index (χ3n) is 8.18. The third-order valence-corrected chi connectivity index (χ3v) is 8.18. The third kappa shape index (κ3) is 5.77. The van der Waals surface area contributed by atoms with Gasteiger partial charge in [0.05, 0.1) is 11.8 Å². The maximum Gasteiger partial charge on any atom is 0.418 e. The number of nitrogens with one attached hydrogen (secondary N) is 2. The van der Waals surface area contributed by atoms with Gasteiger partial charge < -0.3 is 20.4 Å². The van der Waals surface area contributed by atoms with Crippen LogP contribution in [0.1, 0.15) is 39.7 Å². The predicted molar refractivity (Wildman–Crippen MR) is 139 cm³/mol. The molecule has 7 nitrogen and oxygen atoms in total. The zero-order chi connectivity index (χ0) is 27.2. The number of alkyl halides is 3. The summed E-state index contributed by atoms with van der Waals surface area (Å²) in [5.74, 6) is -0.330. The van der Waals surface area contributed by atoms with Gasteiger partial charge in [-0.05, 0) is 72.3 Å². The molecule has 11 heteroatoms. The summed E-state index contributed by atoms with van der Waals surface area (Å²) in [4.78, 5) is 14.3. The van der Waals surface area contributed by atoms with E-state index in [1.807, 2.05) is 7.05 Å². The molecule has 0 saturated carbocycles. The molecule has 1 aromatic heterocycles. The summed E-state index contributed by atoms with van der Waals surface area (Å²) in [5.41, 5.74) is -0.471. The van der Waals surface area contributed by atoms with Crippen LogP contribution >= 0.6 is 0 Å². The van der Waals surface area contributed by atoms with Gasteiger partial charge in [-0.2, -0.15) is 18.2 Å². The van der Waals surface area contributed by atoms with E-state index in [9.17, 15) is 17.6 Å². The van der Waals surface area contributed by atoms with E-state index < -0.39 is 17.6 Å². The molecule has 4 rings (SSSR count). The van der Waals surface area contributed by atoms with Crippen molar-refractivity contribution in [2.75, 3.05) is 62.4 Å². The zero-order valence-electron chi connectivity index (χ0n) is 22.4. The topological polar surface area (TPSA) is 59.6 Å². The van der Waals surface area contributed by atoms with Crippen molar-refractivity contribution >= 4 is 23.1 Å². The Bertz CT molecular complexity index is 1110. The summed E-state index contributed by atoms with van der Waals surface area (Å²) in [5, 5.41) is 5.92. The minimum Gasteiger partial charge on any atom is -0.368 e. The monoisotopic (exact) mass is 523 g/mol. The molecular formula is C26H37F4N7. The Hall–Kier alpha value is -2.66. The van der Waals surface area contributed by atoms with Crippen molar-refractivity contribution in [2.45, 2.75) is 51.4 Å². The van der Waals surface area contributed by atoms with Crippen LogP contribution in [0.2, 0.25) is 0 Å². The molecule has 37 heavy (non-hydrogen) atoms. The van der Waals surface area contributed by atoms with Gasteiger partial charge in [0.1, 0.15) is 0 Å². The fourth-order valence-electron chi connectivity index (χ4n) is 5.43. The number of piperazine rings is 1. The van der Waals surface area contributed by atoms with E-state index in [-0.39, 0.29) is 40.1 Å². The second kappa shape index (κ2) is 9.90. The van der Waals surface area contributed by atoms with Crippen LogP contribution in [0.15, 0.2) is 24.4 Å². The Morgan fingerprint density at radius 2 is 1.73 bits per heavy atom. The Morgan fingerprint density at radius 3 is 2.32 bits per heavy atom. The van der Waals surface area contributed by atoms with Crippen molar-refractivity contribution in [1.29, 1.82) is 0 Å². The molecule has 2 N–H and O–H groups in total. The molecule has 1 aromatic carbocycles. The van der Waals surface area contributed by atoms with Gasteiger partial charge in [0.25, 0.3) is 0 Å². The van der Waals surface area contributed by atoms with Gasteiger partial charge in [-0.25, -0.2) is 9.37 Å². The standard InChI is InChI=1S/C26H37F4N7/c1-24(2)14-17(25(3,4)36(24)6)15-31-22-20(27)16-32-23(34-22)33-18-7-8-21(19(13-18)26(28,29)30)37-11-9-35(5)10-12-37/h7-8,13,16-17H,9-12,14-15H2,1-6H3,(H2,31,32,33,34). The molecule has 2 aromatic rings. The number of benzene rings is 1. The van der Waals surface area contributed by atoms with Crippen LogP contribution in [0.25, 0.3) is 0 Å². The Morgan fingerprint density at radius 1 is 1.05 bits per heavy atom. The summed E-state index contributed by atoms with van der Waals surface area (Å²) in [6.45, 7) is 11.7. The smallest absolute Gasteiger partial charge is 0.368 e. The van der Waals surface area contributed by atoms with Crippen molar-refractivity contribution in [2.24, 2.45) is 5.92 Å². The van der Waals surface area contributed by atoms with Crippen LogP contribution in [0.5, 0.6) is 0 Å². The number of aromatic nitrogens is 2. The van der Waals surface area contributed by atoms with Gasteiger partial charge in [0, 0.05) is 55.2 Å². The predicted octanol–water partition coefficient (Wildman–Crippen LogP) is 5.05. The molecule has 0 radical (unpaired) electrons. The highest BCUT2D eigenvalue weighted by atomic mass is 19.4. The molecule has 3 heterocycles. The van der Waals surface area contributed by atoms with Gasteiger partial charge in [-0.15, -0.1) is 0 Å². The summed E-state index contributed by atoms with van der Waals surface area (Å²) < 4.78 is 56.4. The lowest BCUT2D eigenvalue weighted by Gasteiger charge is -2.38. The van der Waals surface area contributed by atoms with E-state index in [0.29, 0.717) is 32.7 Å². The average Bonchev–Trinajstić information content (AvgIpc) is 2.98. The number of hydrogen-bond acceptors (Lipinski definition) is 7. The van der Waals surface area contributed by atoms with E-state index in [4.69, 9.17) is 0 Å². The number of likely N-dealkylation sites (tertiary alicyclic amines) is 1. The van der Waals surface area contributed by atoms with Gasteiger partial charge in [0.15, 0.2) is 11.6 Å². The van der Waals surface area contributed by atoms with Crippen LogP contribution in [0, 0.1) is 11.7 Å². The van der Waals surface area contributed by atoms with E-state index >= 15 is 0 Å². The van der Waals surface area contributed by atoms with E-state index in [1.54, 1.807) is 11.0 Å². The minimum absolute atomic E-state index is 0.0131. The molecule has 2 saturated heterocycles. The Balaban J connectivity index is 1.51. The largest absolute Gasteiger partial charge is 0.418 e. The first-order valence-electron chi connectivity index (χ1n) is 12.6. The zero-order valence-corrected chi connectivity index (χ0v) is 22.4. The molecule has 0 amide bonds. The molecular weight excluding hydrogens is 486 g/mol. The van der Waals surface area contributed by atoms with Crippen LogP contribution in [0.4, 0.5) is 40.7 Å². The number of anilines is 4. The van der Waals surface area contributed by atoms with Crippen molar-refractivity contribution in [3.63, 3.8) is 0 Å². The summed E-state index contributed by atoms with van der Waals surface area (Å²) in [7, 11) is 4.05. The van der Waals surface area contributed by atoms with E-state index in [1.165, 1.54) is 6.07 Å². The van der Waals surface area contributed by atoms with Crippen LogP contribution in [-0.4, -0.2) is 77.7 Å². The molecule has 2 aliphatic rings. The maximum atomic E-state index is 14.5. The molecule has 0 aliphatic carbocycles. The first kappa shape index (κ1) is 27.4. The number of likely N-dealkylation sites (N-methyl/N-ethyl adjacent to an activating group) is 1. The number of halogens is 4. The van der Waals surface area contributed by atoms with Crippen molar-refractivity contribution in [3.05, 3.63) is 35.8 Å². The van der Waals surface area contributed by atoms with E-state index in [2.05, 4.69) is 65.1 Å². The fourth-order valence-corrected chi connectivity index (χ4v) is 5.43. The Kier molecular flexibility index (Phi) is 7.33. The van der Waals surface area contributed by atoms with Gasteiger partial charge in [-0.3, -0.25) is 4.90 Å². The van der Waals surface area contributed by atoms with Gasteiger partial charge >= 0.3 is 6.18 Å². The van der Waals surface area contributed by atoms with Crippen LogP contribution < -0.4 is 15.5 Å². The summed E-state index contributed by atoms with van der Waals surface area (Å²) >= 11 is 0. The number of nitrogens with zero attached hydrogens (tertiary/aromatic N) is 5. The summed E-state index contributed by atoms with van der Waals surface area (Å²) in [6, 6.07) is 4.10. The van der Waals surface area contributed by atoms with Gasteiger partial charge in [-0.1, -0.05) is 0 Å². The molecule has 0 spiro atoms. The average molecular weight is 524 g/mol. The lowest BCUT2D eigenvalue weighted by Crippen LogP contribution is -2.47. The first-order valence-corrected chi connectivity index (χ1v) is 12.6. The van der Waals surface area contributed by atoms with Gasteiger partial charge in [0.2, 0.25) is 5.95 Å². The van der Waals surface area contributed by atoms with Crippen molar-refractivity contribution in [3.8, 4) is 0 Å². The molecule has 204 valence electrons. The molecule has 1 atom stereocenters. The highest BCUT2D eigenvalue weighted by Crippen LogP contribution is 2.43. The number of rotatable bonds is 6. The van der Waals surface area contributed by atoms with Crippen molar-refractivity contribution < 1.29 is 17.6 Å². The molecule has 1 unspecified atom stereocenters. The molecule has 0 bridgehead atoms.